The zero-order valence-electron chi connectivity index (χ0n) is 15.0. The molecule has 8 heteroatoms. The number of aryl methyl sites for hydroxylation is 1. The predicted octanol–water partition coefficient (Wildman–Crippen LogP) is 1.82. The first-order chi connectivity index (χ1) is 13.0. The fraction of sp³-hybridized carbons (Fsp3) is 0.316. The van der Waals surface area contributed by atoms with Crippen LogP contribution < -0.4 is 21.7 Å². The van der Waals surface area contributed by atoms with Crippen molar-refractivity contribution in [2.75, 3.05) is 18.4 Å². The maximum Gasteiger partial charge on any atom is 0.316 e. The number of nitrogens with two attached hydrogens (primary N) is 1. The highest BCUT2D eigenvalue weighted by atomic mass is 32.1. The number of thiophene rings is 1. The summed E-state index contributed by atoms with van der Waals surface area (Å²) in [6.45, 7) is 3.61. The van der Waals surface area contributed by atoms with Gasteiger partial charge in [-0.25, -0.2) is 4.79 Å². The minimum atomic E-state index is -0.719. The van der Waals surface area contributed by atoms with Crippen molar-refractivity contribution >= 4 is 29.0 Å². The van der Waals surface area contributed by atoms with Gasteiger partial charge < -0.3 is 21.7 Å². The van der Waals surface area contributed by atoms with Gasteiger partial charge in [0.25, 0.3) is 5.91 Å². The van der Waals surface area contributed by atoms with Crippen molar-refractivity contribution < 1.29 is 9.59 Å². The van der Waals surface area contributed by atoms with E-state index in [0.717, 1.165) is 37.2 Å². The summed E-state index contributed by atoms with van der Waals surface area (Å²) >= 11 is 1.22. The summed E-state index contributed by atoms with van der Waals surface area (Å²) in [5, 5.41) is 8.77. The first-order valence-electron chi connectivity index (χ1n) is 8.68. The number of nitrogens with one attached hydrogen (secondary N) is 3. The largest absolute Gasteiger partial charge is 0.351 e. The average Bonchev–Trinajstić information content (AvgIpc) is 3.04. The van der Waals surface area contributed by atoms with Crippen LogP contribution >= 0.6 is 11.3 Å². The van der Waals surface area contributed by atoms with Crippen LogP contribution in [0.1, 0.15) is 38.6 Å². The van der Waals surface area contributed by atoms with E-state index in [-0.39, 0.29) is 11.9 Å². The van der Waals surface area contributed by atoms with Crippen molar-refractivity contribution in [1.82, 2.24) is 15.6 Å². The van der Waals surface area contributed by atoms with Gasteiger partial charge in [-0.1, -0.05) is 11.8 Å². The number of aromatic nitrogens is 1. The van der Waals surface area contributed by atoms with Crippen molar-refractivity contribution in [3.05, 3.63) is 45.4 Å². The molecular formula is C19H21N5O2S. The van der Waals surface area contributed by atoms with Crippen molar-refractivity contribution in [3.63, 3.8) is 0 Å². The Balaban J connectivity index is 1.81. The zero-order chi connectivity index (χ0) is 19.2. The smallest absolute Gasteiger partial charge is 0.316 e. The van der Waals surface area contributed by atoms with Crippen LogP contribution in [0.25, 0.3) is 0 Å². The second kappa shape index (κ2) is 8.66. The van der Waals surface area contributed by atoms with Gasteiger partial charge in [0.15, 0.2) is 0 Å². The molecule has 5 N–H and O–H groups in total. The number of carbonyl (C=O) groups is 2. The monoisotopic (exact) mass is 383 g/mol. The summed E-state index contributed by atoms with van der Waals surface area (Å²) in [5.41, 5.74) is 7.30. The third-order valence-corrected chi connectivity index (χ3v) is 5.12. The first kappa shape index (κ1) is 18.9. The lowest BCUT2D eigenvalue weighted by atomic mass is 10.1. The van der Waals surface area contributed by atoms with Gasteiger partial charge >= 0.3 is 6.03 Å². The second-order valence-electron chi connectivity index (χ2n) is 6.30. The molecule has 1 aliphatic heterocycles. The van der Waals surface area contributed by atoms with E-state index in [2.05, 4.69) is 32.8 Å². The lowest BCUT2D eigenvalue weighted by molar-refractivity contribution is 0.0935. The molecule has 1 saturated heterocycles. The summed E-state index contributed by atoms with van der Waals surface area (Å²) in [6, 6.07) is 4.79. The van der Waals surface area contributed by atoms with E-state index in [1.165, 1.54) is 11.3 Å². The van der Waals surface area contributed by atoms with Crippen molar-refractivity contribution in [3.8, 4) is 11.8 Å². The van der Waals surface area contributed by atoms with Crippen molar-refractivity contribution in [2.45, 2.75) is 25.8 Å². The molecule has 140 valence electrons. The number of primary amides is 1. The number of pyridine rings is 1. The van der Waals surface area contributed by atoms with Gasteiger partial charge in [0.05, 0.1) is 10.6 Å². The van der Waals surface area contributed by atoms with Crippen LogP contribution in [-0.4, -0.2) is 36.1 Å². The van der Waals surface area contributed by atoms with Crippen LogP contribution in [0, 0.1) is 18.8 Å². The molecule has 0 unspecified atom stereocenters. The first-order valence-corrected chi connectivity index (χ1v) is 9.49. The number of hydrogen-bond donors (Lipinski definition) is 4. The van der Waals surface area contributed by atoms with Gasteiger partial charge in [0.1, 0.15) is 4.88 Å². The number of rotatable bonds is 3. The fourth-order valence-corrected chi connectivity index (χ4v) is 3.62. The van der Waals surface area contributed by atoms with E-state index in [1.807, 2.05) is 19.1 Å². The molecule has 27 heavy (non-hydrogen) atoms. The van der Waals surface area contributed by atoms with Crippen LogP contribution in [0.2, 0.25) is 0 Å². The predicted molar refractivity (Wildman–Crippen MR) is 106 cm³/mol. The summed E-state index contributed by atoms with van der Waals surface area (Å²) in [4.78, 5) is 29.2. The highest BCUT2D eigenvalue weighted by molar-refractivity contribution is 7.15. The Kier molecular flexibility index (Phi) is 6.06. The Morgan fingerprint density at radius 3 is 2.89 bits per heavy atom. The fourth-order valence-electron chi connectivity index (χ4n) is 2.75. The Morgan fingerprint density at radius 2 is 2.22 bits per heavy atom. The topological polar surface area (TPSA) is 109 Å². The van der Waals surface area contributed by atoms with Gasteiger partial charge in [0, 0.05) is 30.0 Å². The second-order valence-corrected chi connectivity index (χ2v) is 7.35. The summed E-state index contributed by atoms with van der Waals surface area (Å²) in [6.07, 6.45) is 3.64. The SMILES string of the molecule is Cc1ccc(C#Cc2cc(NC(N)=O)c(C(=O)N[C@H]3CCCNC3)s2)cn1. The van der Waals surface area contributed by atoms with Gasteiger partial charge in [-0.2, -0.15) is 0 Å². The molecule has 3 heterocycles. The number of anilines is 1. The molecule has 3 amide bonds. The van der Waals surface area contributed by atoms with Crippen molar-refractivity contribution in [1.29, 1.82) is 0 Å². The minimum absolute atomic E-state index is 0.0722. The third kappa shape index (κ3) is 5.29. The summed E-state index contributed by atoms with van der Waals surface area (Å²) in [7, 11) is 0. The molecule has 1 atom stereocenters. The normalized spacial score (nSPS) is 16.1. The number of amides is 3. The van der Waals surface area contributed by atoms with Crippen LogP contribution in [0.5, 0.6) is 0 Å². The maximum atomic E-state index is 12.7. The standard InChI is InChI=1S/C19H21N5O2S/c1-12-4-5-13(10-22-12)6-7-15-9-16(24-19(20)26)17(27-15)18(25)23-14-3-2-8-21-11-14/h4-5,9-10,14,21H,2-3,8,11H2,1H3,(H,23,25)(H3,20,24,26)/t14-/m0/s1. The molecule has 0 saturated carbocycles. The van der Waals surface area contributed by atoms with E-state index >= 15 is 0 Å². The highest BCUT2D eigenvalue weighted by Gasteiger charge is 2.21. The van der Waals surface area contributed by atoms with E-state index in [1.54, 1.807) is 12.3 Å². The Bertz CT molecular complexity index is 889. The van der Waals surface area contributed by atoms with Crippen LogP contribution in [0.4, 0.5) is 10.5 Å². The lowest BCUT2D eigenvalue weighted by Gasteiger charge is -2.23. The molecule has 3 rings (SSSR count). The number of piperidine rings is 1. The molecule has 2 aromatic rings. The lowest BCUT2D eigenvalue weighted by Crippen LogP contribution is -2.45. The third-order valence-electron chi connectivity index (χ3n) is 4.07. The molecule has 0 aliphatic carbocycles. The van der Waals surface area contributed by atoms with Gasteiger partial charge in [-0.15, -0.1) is 11.3 Å². The quantitative estimate of drug-likeness (QED) is 0.606. The minimum Gasteiger partial charge on any atom is -0.351 e. The van der Waals surface area contributed by atoms with E-state index < -0.39 is 6.03 Å². The molecular weight excluding hydrogens is 362 g/mol. The Hall–Kier alpha value is -2.89. The molecule has 0 radical (unpaired) electrons. The van der Waals surface area contributed by atoms with Crippen molar-refractivity contribution in [2.24, 2.45) is 5.73 Å². The molecule has 1 aliphatic rings. The van der Waals surface area contributed by atoms with E-state index in [4.69, 9.17) is 5.73 Å². The average molecular weight is 383 g/mol. The van der Waals surface area contributed by atoms with Crippen LogP contribution in [0.15, 0.2) is 24.4 Å². The zero-order valence-corrected chi connectivity index (χ0v) is 15.8. The summed E-state index contributed by atoms with van der Waals surface area (Å²) < 4.78 is 0. The molecule has 7 nitrogen and oxygen atoms in total. The number of carbonyl (C=O) groups excluding carboxylic acids is 2. The van der Waals surface area contributed by atoms with Gasteiger partial charge in [0.2, 0.25) is 0 Å². The Morgan fingerprint density at radius 1 is 1.37 bits per heavy atom. The van der Waals surface area contributed by atoms with Crippen LogP contribution in [0.3, 0.4) is 0 Å². The molecule has 2 aromatic heterocycles. The van der Waals surface area contributed by atoms with Gasteiger partial charge in [-0.3, -0.25) is 9.78 Å². The van der Waals surface area contributed by atoms with Crippen LogP contribution in [-0.2, 0) is 0 Å². The number of nitrogens with zero attached hydrogens (tertiary/aromatic N) is 1. The molecule has 0 bridgehead atoms. The summed E-state index contributed by atoms with van der Waals surface area (Å²) in [5.74, 6) is 5.80. The van der Waals surface area contributed by atoms with E-state index in [9.17, 15) is 9.59 Å². The number of hydrogen-bond acceptors (Lipinski definition) is 5. The highest BCUT2D eigenvalue weighted by Crippen LogP contribution is 2.27. The maximum absolute atomic E-state index is 12.7. The number of urea groups is 1. The molecule has 0 spiro atoms. The van der Waals surface area contributed by atoms with E-state index in [0.29, 0.717) is 15.4 Å². The molecule has 1 fully saturated rings. The molecule has 0 aromatic carbocycles. The Labute approximate surface area is 161 Å². The van der Waals surface area contributed by atoms with Gasteiger partial charge in [-0.05, 0) is 44.5 Å².